The Hall–Kier alpha value is -2.18. The standard InChI is InChI=1S/C20H23ClN2O3S/c1-14-4-7-17(8-5-14)22-19(24)12-27-13-20(25)23(2)11-15-10-16(21)6-9-18(15)26-3/h4-10H,11-13H2,1-3H3,(H,22,24). The number of carbonyl (C=O) groups is 2. The molecule has 0 aromatic heterocycles. The van der Waals surface area contributed by atoms with E-state index < -0.39 is 0 Å². The fraction of sp³-hybridized carbons (Fsp3) is 0.300. The minimum atomic E-state index is -0.129. The number of methoxy groups -OCH3 is 1. The number of anilines is 1. The molecule has 2 rings (SSSR count). The van der Waals surface area contributed by atoms with Gasteiger partial charge in [0, 0.05) is 29.9 Å². The highest BCUT2D eigenvalue weighted by molar-refractivity contribution is 8.00. The van der Waals surface area contributed by atoms with Gasteiger partial charge in [0.15, 0.2) is 0 Å². The van der Waals surface area contributed by atoms with Gasteiger partial charge < -0.3 is 15.0 Å². The molecule has 0 saturated carbocycles. The van der Waals surface area contributed by atoms with Crippen molar-refractivity contribution >= 4 is 40.9 Å². The lowest BCUT2D eigenvalue weighted by atomic mass is 10.2. The van der Waals surface area contributed by atoms with Gasteiger partial charge in [0.1, 0.15) is 5.75 Å². The second kappa shape index (κ2) is 10.2. The van der Waals surface area contributed by atoms with Gasteiger partial charge in [-0.05, 0) is 37.3 Å². The lowest BCUT2D eigenvalue weighted by Gasteiger charge is -2.19. The van der Waals surface area contributed by atoms with Gasteiger partial charge in [0.25, 0.3) is 0 Å². The zero-order valence-corrected chi connectivity index (χ0v) is 17.2. The van der Waals surface area contributed by atoms with E-state index in [4.69, 9.17) is 16.3 Å². The molecule has 0 fully saturated rings. The molecule has 7 heteroatoms. The van der Waals surface area contributed by atoms with Crippen LogP contribution in [0.2, 0.25) is 5.02 Å². The average Bonchev–Trinajstić information content (AvgIpc) is 2.63. The van der Waals surface area contributed by atoms with Crippen LogP contribution in [0.3, 0.4) is 0 Å². The van der Waals surface area contributed by atoms with E-state index in [9.17, 15) is 9.59 Å². The van der Waals surface area contributed by atoms with E-state index in [0.29, 0.717) is 17.3 Å². The van der Waals surface area contributed by atoms with E-state index in [1.54, 1.807) is 37.3 Å². The maximum Gasteiger partial charge on any atom is 0.234 e. The molecule has 2 aromatic carbocycles. The number of benzene rings is 2. The van der Waals surface area contributed by atoms with E-state index in [-0.39, 0.29) is 23.3 Å². The molecule has 0 aliphatic carbocycles. The van der Waals surface area contributed by atoms with E-state index in [1.165, 1.54) is 11.8 Å². The van der Waals surface area contributed by atoms with E-state index in [0.717, 1.165) is 16.8 Å². The third-order valence-electron chi connectivity index (χ3n) is 3.87. The van der Waals surface area contributed by atoms with E-state index >= 15 is 0 Å². The normalized spacial score (nSPS) is 10.4. The fourth-order valence-electron chi connectivity index (χ4n) is 2.39. The highest BCUT2D eigenvalue weighted by Gasteiger charge is 2.13. The summed E-state index contributed by atoms with van der Waals surface area (Å²) >= 11 is 7.31. The van der Waals surface area contributed by atoms with Crippen molar-refractivity contribution in [2.24, 2.45) is 0 Å². The number of nitrogens with one attached hydrogen (secondary N) is 1. The SMILES string of the molecule is COc1ccc(Cl)cc1CN(C)C(=O)CSCC(=O)Nc1ccc(C)cc1. The van der Waals surface area contributed by atoms with Crippen molar-refractivity contribution < 1.29 is 14.3 Å². The lowest BCUT2D eigenvalue weighted by Crippen LogP contribution is -2.28. The minimum Gasteiger partial charge on any atom is -0.496 e. The largest absolute Gasteiger partial charge is 0.496 e. The maximum atomic E-state index is 12.3. The van der Waals surface area contributed by atoms with Crippen molar-refractivity contribution in [3.05, 3.63) is 58.6 Å². The molecule has 0 atom stereocenters. The van der Waals surface area contributed by atoms with Crippen molar-refractivity contribution in [3.63, 3.8) is 0 Å². The number of thioether (sulfide) groups is 1. The Morgan fingerprint density at radius 3 is 2.52 bits per heavy atom. The van der Waals surface area contributed by atoms with Gasteiger partial charge in [-0.3, -0.25) is 9.59 Å². The summed E-state index contributed by atoms with van der Waals surface area (Å²) in [6.07, 6.45) is 0. The summed E-state index contributed by atoms with van der Waals surface area (Å²) in [5.74, 6) is 0.930. The molecule has 2 aromatic rings. The topological polar surface area (TPSA) is 58.6 Å². The molecule has 2 amide bonds. The molecule has 5 nitrogen and oxygen atoms in total. The molecule has 144 valence electrons. The van der Waals surface area contributed by atoms with Crippen molar-refractivity contribution in [1.29, 1.82) is 0 Å². The van der Waals surface area contributed by atoms with E-state index in [1.807, 2.05) is 31.2 Å². The first-order chi connectivity index (χ1) is 12.9. The van der Waals surface area contributed by atoms with Gasteiger partial charge in [-0.1, -0.05) is 29.3 Å². The van der Waals surface area contributed by atoms with Crippen LogP contribution < -0.4 is 10.1 Å². The van der Waals surface area contributed by atoms with Crippen molar-refractivity contribution in [1.82, 2.24) is 4.90 Å². The second-order valence-electron chi connectivity index (χ2n) is 6.11. The Morgan fingerprint density at radius 1 is 1.15 bits per heavy atom. The number of hydrogen-bond donors (Lipinski definition) is 1. The molecule has 1 N–H and O–H groups in total. The zero-order chi connectivity index (χ0) is 19.8. The van der Waals surface area contributed by atoms with Gasteiger partial charge in [-0.15, -0.1) is 11.8 Å². The van der Waals surface area contributed by atoms with Gasteiger partial charge in [-0.25, -0.2) is 0 Å². The molecule has 0 aliphatic rings. The average molecular weight is 407 g/mol. The monoisotopic (exact) mass is 406 g/mol. The highest BCUT2D eigenvalue weighted by atomic mass is 35.5. The van der Waals surface area contributed by atoms with Crippen LogP contribution in [0.25, 0.3) is 0 Å². The number of amides is 2. The molecule has 0 spiro atoms. The molecule has 0 bridgehead atoms. The van der Waals surface area contributed by atoms with E-state index in [2.05, 4.69) is 5.32 Å². The van der Waals surface area contributed by atoms with Crippen LogP contribution in [0.1, 0.15) is 11.1 Å². The Bertz CT molecular complexity index is 796. The Balaban J connectivity index is 1.78. The predicted octanol–water partition coefficient (Wildman–Crippen LogP) is 3.99. The Morgan fingerprint density at radius 2 is 1.85 bits per heavy atom. The molecule has 0 radical (unpaired) electrons. The smallest absolute Gasteiger partial charge is 0.234 e. The Kier molecular flexibility index (Phi) is 8.00. The van der Waals surface area contributed by atoms with Gasteiger partial charge >= 0.3 is 0 Å². The summed E-state index contributed by atoms with van der Waals surface area (Å²) < 4.78 is 5.30. The van der Waals surface area contributed by atoms with Crippen LogP contribution in [0.4, 0.5) is 5.69 Å². The number of carbonyl (C=O) groups excluding carboxylic acids is 2. The molecular formula is C20H23ClN2O3S. The fourth-order valence-corrected chi connectivity index (χ4v) is 3.34. The molecular weight excluding hydrogens is 384 g/mol. The van der Waals surface area contributed by atoms with Gasteiger partial charge in [-0.2, -0.15) is 0 Å². The molecule has 0 heterocycles. The number of hydrogen-bond acceptors (Lipinski definition) is 4. The zero-order valence-electron chi connectivity index (χ0n) is 15.6. The Labute approximate surface area is 169 Å². The quantitative estimate of drug-likeness (QED) is 0.720. The van der Waals surface area contributed by atoms with Crippen LogP contribution in [0, 0.1) is 6.92 Å². The maximum absolute atomic E-state index is 12.3. The predicted molar refractivity (Wildman–Crippen MR) is 112 cm³/mol. The number of nitrogens with zero attached hydrogens (tertiary/aromatic N) is 1. The van der Waals surface area contributed by atoms with Crippen molar-refractivity contribution in [2.45, 2.75) is 13.5 Å². The summed E-state index contributed by atoms with van der Waals surface area (Å²) in [4.78, 5) is 25.9. The van der Waals surface area contributed by atoms with Gasteiger partial charge in [0.05, 0.1) is 18.6 Å². The molecule has 0 aliphatic heterocycles. The summed E-state index contributed by atoms with van der Waals surface area (Å²) in [6.45, 7) is 2.38. The first-order valence-corrected chi connectivity index (χ1v) is 9.93. The van der Waals surface area contributed by atoms with Crippen LogP contribution in [0.5, 0.6) is 5.75 Å². The molecule has 0 saturated heterocycles. The van der Waals surface area contributed by atoms with Crippen LogP contribution >= 0.6 is 23.4 Å². The molecule has 27 heavy (non-hydrogen) atoms. The summed E-state index contributed by atoms with van der Waals surface area (Å²) in [5.41, 5.74) is 2.72. The number of rotatable bonds is 8. The second-order valence-corrected chi connectivity index (χ2v) is 7.54. The third kappa shape index (κ3) is 6.81. The first kappa shape index (κ1) is 21.1. The van der Waals surface area contributed by atoms with Crippen molar-refractivity contribution in [3.8, 4) is 5.75 Å². The van der Waals surface area contributed by atoms with Crippen LogP contribution in [-0.4, -0.2) is 42.4 Å². The van der Waals surface area contributed by atoms with Gasteiger partial charge in [0.2, 0.25) is 11.8 Å². The molecule has 0 unspecified atom stereocenters. The first-order valence-electron chi connectivity index (χ1n) is 8.39. The summed E-state index contributed by atoms with van der Waals surface area (Å²) in [7, 11) is 3.30. The highest BCUT2D eigenvalue weighted by Crippen LogP contribution is 2.24. The number of ether oxygens (including phenoxy) is 1. The number of aryl methyl sites for hydroxylation is 1. The van der Waals surface area contributed by atoms with Crippen LogP contribution in [0.15, 0.2) is 42.5 Å². The minimum absolute atomic E-state index is 0.0647. The summed E-state index contributed by atoms with van der Waals surface area (Å²) in [6, 6.07) is 12.9. The third-order valence-corrected chi connectivity index (χ3v) is 5.02. The van der Waals surface area contributed by atoms with Crippen molar-refractivity contribution in [2.75, 3.05) is 31.0 Å². The lowest BCUT2D eigenvalue weighted by molar-refractivity contribution is -0.127. The summed E-state index contributed by atoms with van der Waals surface area (Å²) in [5, 5.41) is 3.41. The number of halogens is 1. The van der Waals surface area contributed by atoms with Crippen LogP contribution in [-0.2, 0) is 16.1 Å².